The summed E-state index contributed by atoms with van der Waals surface area (Å²) >= 11 is 15.5. The van der Waals surface area contributed by atoms with Crippen molar-refractivity contribution in [3.63, 3.8) is 0 Å². The second-order valence-electron chi connectivity index (χ2n) is 14.2. The van der Waals surface area contributed by atoms with Crippen molar-refractivity contribution in [3.8, 4) is 46.0 Å². The molecule has 8 bridgehead atoms. The van der Waals surface area contributed by atoms with Crippen LogP contribution in [-0.2, 0) is 4.57 Å². The minimum atomic E-state index is -4.13. The first-order valence-electron chi connectivity index (χ1n) is 17.7. The van der Waals surface area contributed by atoms with Gasteiger partial charge < -0.3 is 37.5 Å². The molecule has 9 nitrogen and oxygen atoms in total. The summed E-state index contributed by atoms with van der Waals surface area (Å²) in [5.41, 5.74) is 7.24. The Morgan fingerprint density at radius 3 is 0.982 bits per heavy atom. The standard InChI is InChI=1S/C41H31Br4O9P/c1-17-22-10-24-18(2)26-12-28-20(4)29-13-27-19(3)25-11-23(17)35-31(43)37(25)50-16-52-39(27)33(45)41(29)54-55(46,21-8-6-5-7-9-21)53-40(28)32(44)38(26)51-15-49-36(24)30(42)34(22)47-14-48-35/h5-13,17-20H,14-16H2,1-4H3/t17?,18-,19-,20?,55?/m1/s1. The summed E-state index contributed by atoms with van der Waals surface area (Å²) in [5.74, 6) is 3.30. The lowest BCUT2D eigenvalue weighted by Crippen LogP contribution is -2.22. The van der Waals surface area contributed by atoms with Crippen molar-refractivity contribution in [2.45, 2.75) is 51.4 Å². The Bertz CT molecular complexity index is 2400. The van der Waals surface area contributed by atoms with E-state index in [0.29, 0.717) is 69.2 Å². The highest BCUT2D eigenvalue weighted by Crippen LogP contribution is 2.62. The van der Waals surface area contributed by atoms with Gasteiger partial charge in [0.05, 0.1) is 5.30 Å². The van der Waals surface area contributed by atoms with E-state index in [2.05, 4.69) is 116 Å². The topological polar surface area (TPSA) is 90.9 Å². The predicted molar refractivity (Wildman–Crippen MR) is 220 cm³/mol. The molecular formula is C41H31Br4O9P. The van der Waals surface area contributed by atoms with E-state index in [0.717, 1.165) is 44.5 Å². The van der Waals surface area contributed by atoms with Crippen LogP contribution in [0.3, 0.4) is 0 Å². The van der Waals surface area contributed by atoms with Crippen molar-refractivity contribution in [2.24, 2.45) is 0 Å². The number of ether oxygens (including phenoxy) is 6. The van der Waals surface area contributed by atoms with Gasteiger partial charge in [-0.1, -0.05) is 45.9 Å². The summed E-state index contributed by atoms with van der Waals surface area (Å²) in [4.78, 5) is 0. The lowest BCUT2D eigenvalue weighted by atomic mass is 9.80. The van der Waals surface area contributed by atoms with E-state index in [-0.39, 0.29) is 44.1 Å². The molecule has 0 fully saturated rings. The zero-order chi connectivity index (χ0) is 38.1. The molecule has 10 rings (SSSR count). The first-order chi connectivity index (χ1) is 26.5. The van der Waals surface area contributed by atoms with Crippen LogP contribution in [-0.4, -0.2) is 20.4 Å². The van der Waals surface area contributed by atoms with Gasteiger partial charge in [0.15, 0.2) is 11.5 Å². The molecule has 4 aliphatic heterocycles. The molecule has 2 atom stereocenters. The average molecular weight is 1020 g/mol. The Hall–Kier alpha value is -3.35. The summed E-state index contributed by atoms with van der Waals surface area (Å²) < 4.78 is 69.5. The van der Waals surface area contributed by atoms with Gasteiger partial charge in [0, 0.05) is 68.2 Å². The van der Waals surface area contributed by atoms with Crippen molar-refractivity contribution in [3.05, 3.63) is 117 Å². The third-order valence-corrected chi connectivity index (χ3v) is 16.0. The maximum absolute atomic E-state index is 15.4. The summed E-state index contributed by atoms with van der Waals surface area (Å²) in [7, 11) is -4.13. The minimum absolute atomic E-state index is 0.0475. The maximum atomic E-state index is 15.4. The number of rotatable bonds is 1. The Balaban J connectivity index is 1.36. The third kappa shape index (κ3) is 5.28. The number of benzene rings is 5. The van der Waals surface area contributed by atoms with E-state index in [1.165, 1.54) is 0 Å². The Kier molecular flexibility index (Phi) is 8.58. The normalized spacial score (nSPS) is 23.6. The third-order valence-electron chi connectivity index (χ3n) is 11.4. The second kappa shape index (κ2) is 13.1. The minimum Gasteiger partial charge on any atom is -0.456 e. The zero-order valence-corrected chi connectivity index (χ0v) is 37.0. The Morgan fingerprint density at radius 2 is 0.691 bits per heavy atom. The van der Waals surface area contributed by atoms with E-state index < -0.39 is 7.60 Å². The van der Waals surface area contributed by atoms with Crippen molar-refractivity contribution >= 4 is 76.6 Å². The van der Waals surface area contributed by atoms with Crippen LogP contribution in [0.4, 0.5) is 0 Å². The summed E-state index contributed by atoms with van der Waals surface area (Å²) in [5, 5.41) is 0.389. The molecule has 55 heavy (non-hydrogen) atoms. The molecule has 0 N–H and O–H groups in total. The van der Waals surface area contributed by atoms with Gasteiger partial charge in [-0.15, -0.1) is 0 Å². The van der Waals surface area contributed by atoms with E-state index in [1.54, 1.807) is 12.1 Å². The Labute approximate surface area is 350 Å². The number of halogens is 4. The lowest BCUT2D eigenvalue weighted by molar-refractivity contribution is 0.101. The van der Waals surface area contributed by atoms with Gasteiger partial charge in [-0.2, -0.15) is 0 Å². The van der Waals surface area contributed by atoms with Gasteiger partial charge in [0.2, 0.25) is 20.4 Å². The van der Waals surface area contributed by atoms with Crippen LogP contribution in [0.15, 0.2) is 72.5 Å². The van der Waals surface area contributed by atoms with Gasteiger partial charge in [-0.3, -0.25) is 0 Å². The lowest BCUT2D eigenvalue weighted by Gasteiger charge is -2.35. The monoisotopic (exact) mass is 1010 g/mol. The largest absolute Gasteiger partial charge is 0.462 e. The van der Waals surface area contributed by atoms with Crippen LogP contribution < -0.4 is 42.8 Å². The quantitative estimate of drug-likeness (QED) is 0.152. The van der Waals surface area contributed by atoms with Gasteiger partial charge in [0.25, 0.3) is 0 Å². The predicted octanol–water partition coefficient (Wildman–Crippen LogP) is 12.1. The fourth-order valence-corrected chi connectivity index (χ4v) is 12.9. The van der Waals surface area contributed by atoms with Crippen LogP contribution in [0.1, 0.15) is 95.9 Å². The fourth-order valence-electron chi connectivity index (χ4n) is 8.35. The van der Waals surface area contributed by atoms with E-state index in [4.69, 9.17) is 37.5 Å². The fraction of sp³-hybridized carbons (Fsp3) is 0.268. The highest BCUT2D eigenvalue weighted by Gasteiger charge is 2.43. The molecule has 0 radical (unpaired) electrons. The van der Waals surface area contributed by atoms with Crippen molar-refractivity contribution in [1.82, 2.24) is 0 Å². The molecule has 0 unspecified atom stereocenters. The summed E-state index contributed by atoms with van der Waals surface area (Å²) in [6.45, 7) is 8.25. The molecule has 14 heteroatoms. The summed E-state index contributed by atoms with van der Waals surface area (Å²) in [6, 6.07) is 17.6. The molecule has 5 aromatic carbocycles. The van der Waals surface area contributed by atoms with E-state index in [1.807, 2.05) is 18.2 Å². The van der Waals surface area contributed by atoms with Crippen LogP contribution >= 0.6 is 71.3 Å². The molecular weight excluding hydrogens is 987 g/mol. The van der Waals surface area contributed by atoms with Crippen LogP contribution in [0.5, 0.6) is 46.0 Å². The van der Waals surface area contributed by atoms with Crippen LogP contribution in [0.25, 0.3) is 0 Å². The SMILES string of the molecule is CC1c2cc3c4c(Br)c2OCOc2c1cc1c(c2Br)OCOc2c(cc5c(c2Br)OP(=O)(c2ccccc2)Oc2c(cc(c(c2Br)OCO4)[C@@H]3C)C5C)[C@@H]1C. The molecule has 0 spiro atoms. The zero-order valence-electron chi connectivity index (χ0n) is 29.8. The molecule has 4 heterocycles. The smallest absolute Gasteiger partial charge is 0.456 e. The van der Waals surface area contributed by atoms with Gasteiger partial charge in [0.1, 0.15) is 52.4 Å². The van der Waals surface area contributed by atoms with Crippen molar-refractivity contribution in [2.75, 3.05) is 20.4 Å². The first-order valence-corrected chi connectivity index (χ1v) is 22.4. The second-order valence-corrected chi connectivity index (χ2v) is 19.3. The first kappa shape index (κ1) is 36.0. The molecule has 1 aliphatic carbocycles. The molecule has 5 aromatic rings. The van der Waals surface area contributed by atoms with Crippen molar-refractivity contribution in [1.29, 1.82) is 0 Å². The van der Waals surface area contributed by atoms with Crippen molar-refractivity contribution < 1.29 is 42.0 Å². The maximum Gasteiger partial charge on any atom is 0.462 e. The highest BCUT2D eigenvalue weighted by molar-refractivity contribution is 9.11. The molecule has 0 saturated heterocycles. The molecule has 282 valence electrons. The highest BCUT2D eigenvalue weighted by atomic mass is 79.9. The molecule has 0 saturated carbocycles. The van der Waals surface area contributed by atoms with E-state index in [9.17, 15) is 0 Å². The number of hydrogen-bond donors (Lipinski definition) is 0. The van der Waals surface area contributed by atoms with Crippen LogP contribution in [0.2, 0.25) is 0 Å². The van der Waals surface area contributed by atoms with Gasteiger partial charge in [-0.05, 0) is 100 Å². The molecule has 0 aromatic heterocycles. The molecule has 0 amide bonds. The summed E-state index contributed by atoms with van der Waals surface area (Å²) in [6.07, 6.45) is 0. The van der Waals surface area contributed by atoms with Gasteiger partial charge in [-0.25, -0.2) is 4.57 Å². The molecule has 5 aliphatic rings. The number of hydrogen-bond acceptors (Lipinski definition) is 9. The van der Waals surface area contributed by atoms with Crippen LogP contribution in [0, 0.1) is 0 Å². The van der Waals surface area contributed by atoms with Gasteiger partial charge >= 0.3 is 7.60 Å². The Morgan fingerprint density at radius 1 is 0.436 bits per heavy atom. The van der Waals surface area contributed by atoms with E-state index >= 15 is 4.57 Å². The average Bonchev–Trinajstić information content (AvgIpc) is 3.16.